The summed E-state index contributed by atoms with van der Waals surface area (Å²) in [7, 11) is 3.28. The third kappa shape index (κ3) is 6.14. The van der Waals surface area contributed by atoms with Gasteiger partial charge < -0.3 is 25.5 Å². The second-order valence-electron chi connectivity index (χ2n) is 7.68. The molecule has 4 N–H and O–H groups in total. The van der Waals surface area contributed by atoms with Crippen LogP contribution in [0.15, 0.2) is 34.1 Å². The van der Waals surface area contributed by atoms with Gasteiger partial charge in [0, 0.05) is 88.0 Å². The van der Waals surface area contributed by atoms with Crippen molar-refractivity contribution >= 4 is 11.8 Å². The van der Waals surface area contributed by atoms with Crippen LogP contribution in [0.5, 0.6) is 0 Å². The molecule has 0 aromatic carbocycles. The smallest absolute Gasteiger partial charge is 0.253 e. The van der Waals surface area contributed by atoms with Gasteiger partial charge in [-0.25, -0.2) is 0 Å². The van der Waals surface area contributed by atoms with Crippen LogP contribution >= 0.6 is 0 Å². The first-order chi connectivity index (χ1) is 15.2. The van der Waals surface area contributed by atoms with E-state index in [-0.39, 0.29) is 22.9 Å². The number of nitrogens with one attached hydrogen (secondary N) is 2. The number of nitrogens with two attached hydrogens (primary N) is 1. The Kier molecular flexibility index (Phi) is 8.91. The fourth-order valence-electron chi connectivity index (χ4n) is 3.37. The number of carbonyl (C=O) groups is 2. The van der Waals surface area contributed by atoms with Gasteiger partial charge in [-0.05, 0) is 26.0 Å². The lowest BCUT2D eigenvalue weighted by Crippen LogP contribution is -2.42. The average Bonchev–Trinajstić information content (AvgIpc) is 2.75. The lowest BCUT2D eigenvalue weighted by atomic mass is 10.1. The number of hydrogen-bond acceptors (Lipinski definition) is 6. The molecular weight excluding hydrogens is 412 g/mol. The SMILES string of the molecule is Cc1c(C(=O)NCCN(CCN)CCNC(=O)c2ccn(C)c(=O)c2C)ccn(C)c1=O. The van der Waals surface area contributed by atoms with Gasteiger partial charge >= 0.3 is 0 Å². The van der Waals surface area contributed by atoms with Crippen LogP contribution < -0.4 is 27.5 Å². The van der Waals surface area contributed by atoms with Crippen LogP contribution in [0, 0.1) is 13.8 Å². The second-order valence-corrected chi connectivity index (χ2v) is 7.68. The molecule has 10 nitrogen and oxygen atoms in total. The summed E-state index contributed by atoms with van der Waals surface area (Å²) in [5, 5.41) is 5.65. The summed E-state index contributed by atoms with van der Waals surface area (Å²) in [5.74, 6) is -0.607. The van der Waals surface area contributed by atoms with E-state index in [1.54, 1.807) is 52.5 Å². The second kappa shape index (κ2) is 11.4. The molecule has 0 aliphatic heterocycles. The monoisotopic (exact) mass is 444 g/mol. The minimum Gasteiger partial charge on any atom is -0.351 e. The summed E-state index contributed by atoms with van der Waals surface area (Å²) >= 11 is 0. The molecule has 0 saturated carbocycles. The number of nitrogens with zero attached hydrogens (tertiary/aromatic N) is 3. The molecule has 0 aliphatic rings. The molecule has 0 bridgehead atoms. The van der Waals surface area contributed by atoms with Gasteiger partial charge in [-0.15, -0.1) is 0 Å². The van der Waals surface area contributed by atoms with Crippen molar-refractivity contribution < 1.29 is 9.59 Å². The number of aromatic nitrogens is 2. The molecular formula is C22H32N6O4. The minimum absolute atomic E-state index is 0.204. The van der Waals surface area contributed by atoms with Gasteiger partial charge in [0.2, 0.25) is 0 Å². The number of pyridine rings is 2. The summed E-state index contributed by atoms with van der Waals surface area (Å²) in [6, 6.07) is 3.25. The first kappa shape index (κ1) is 25.0. The van der Waals surface area contributed by atoms with Crippen LogP contribution in [0.4, 0.5) is 0 Å². The van der Waals surface area contributed by atoms with Crippen LogP contribution in [0.2, 0.25) is 0 Å². The number of rotatable bonds is 10. The first-order valence-electron chi connectivity index (χ1n) is 10.5. The highest BCUT2D eigenvalue weighted by Gasteiger charge is 2.14. The summed E-state index contributed by atoms with van der Waals surface area (Å²) in [4.78, 5) is 50.9. The summed E-state index contributed by atoms with van der Waals surface area (Å²) in [5.41, 5.74) is 6.80. The lowest BCUT2D eigenvalue weighted by molar-refractivity contribution is 0.0947. The molecule has 2 heterocycles. The van der Waals surface area contributed by atoms with E-state index in [9.17, 15) is 19.2 Å². The number of aryl methyl sites for hydroxylation is 2. The van der Waals surface area contributed by atoms with Crippen molar-refractivity contribution in [3.63, 3.8) is 0 Å². The number of amides is 2. The summed E-state index contributed by atoms with van der Waals surface area (Å²) in [6.07, 6.45) is 3.13. The highest BCUT2D eigenvalue weighted by Crippen LogP contribution is 2.03. The van der Waals surface area contributed by atoms with E-state index < -0.39 is 0 Å². The standard InChI is InChI=1S/C22H32N6O4/c1-15-17(5-10-26(3)21(15)31)19(29)24-8-13-28(12-7-23)14-9-25-20(30)18-6-11-27(4)22(32)16(18)2/h5-6,10-11H,7-9,12-14,23H2,1-4H3,(H,24,29)(H,25,30). The molecule has 0 radical (unpaired) electrons. The predicted octanol–water partition coefficient (Wildman–Crippen LogP) is -0.879. The molecule has 2 rings (SSSR count). The quantitative estimate of drug-likeness (QED) is 0.436. The maximum atomic E-state index is 12.4. The van der Waals surface area contributed by atoms with E-state index in [1.807, 2.05) is 4.90 Å². The van der Waals surface area contributed by atoms with Gasteiger partial charge in [-0.1, -0.05) is 0 Å². The Morgan fingerprint density at radius 1 is 0.844 bits per heavy atom. The molecule has 32 heavy (non-hydrogen) atoms. The van der Waals surface area contributed by atoms with E-state index in [4.69, 9.17) is 5.73 Å². The maximum absolute atomic E-state index is 12.4. The third-order valence-electron chi connectivity index (χ3n) is 5.38. The number of carbonyl (C=O) groups excluding carboxylic acids is 2. The van der Waals surface area contributed by atoms with E-state index in [2.05, 4.69) is 10.6 Å². The molecule has 0 aliphatic carbocycles. The lowest BCUT2D eigenvalue weighted by Gasteiger charge is -2.22. The zero-order valence-corrected chi connectivity index (χ0v) is 19.1. The van der Waals surface area contributed by atoms with Crippen LogP contribution in [0.25, 0.3) is 0 Å². The first-order valence-corrected chi connectivity index (χ1v) is 10.5. The van der Waals surface area contributed by atoms with Crippen molar-refractivity contribution in [3.8, 4) is 0 Å². The predicted molar refractivity (Wildman–Crippen MR) is 123 cm³/mol. The Balaban J connectivity index is 1.86. The van der Waals surface area contributed by atoms with Crippen LogP contribution in [0.3, 0.4) is 0 Å². The Hall–Kier alpha value is -3.24. The minimum atomic E-state index is -0.303. The normalized spacial score (nSPS) is 10.9. The van der Waals surface area contributed by atoms with E-state index in [0.717, 1.165) is 0 Å². The van der Waals surface area contributed by atoms with Crippen LogP contribution in [0.1, 0.15) is 31.8 Å². The third-order valence-corrected chi connectivity index (χ3v) is 5.38. The van der Waals surface area contributed by atoms with Crippen molar-refractivity contribution in [3.05, 3.63) is 67.5 Å². The van der Waals surface area contributed by atoms with E-state index in [0.29, 0.717) is 61.5 Å². The van der Waals surface area contributed by atoms with Gasteiger partial charge in [-0.2, -0.15) is 0 Å². The topological polar surface area (TPSA) is 131 Å². The van der Waals surface area contributed by atoms with E-state index >= 15 is 0 Å². The zero-order chi connectivity index (χ0) is 23.8. The average molecular weight is 445 g/mol. The summed E-state index contributed by atoms with van der Waals surface area (Å²) in [6.45, 7) is 6.10. The fraction of sp³-hybridized carbons (Fsp3) is 0.455. The van der Waals surface area contributed by atoms with Crippen molar-refractivity contribution in [2.24, 2.45) is 19.8 Å². The highest BCUT2D eigenvalue weighted by molar-refractivity contribution is 5.95. The molecule has 2 amide bonds. The van der Waals surface area contributed by atoms with Crippen LogP contribution in [-0.4, -0.2) is 65.1 Å². The van der Waals surface area contributed by atoms with Crippen molar-refractivity contribution in [1.29, 1.82) is 0 Å². The molecule has 0 saturated heterocycles. The van der Waals surface area contributed by atoms with Gasteiger partial charge in [0.25, 0.3) is 22.9 Å². The maximum Gasteiger partial charge on any atom is 0.253 e. The highest BCUT2D eigenvalue weighted by atomic mass is 16.2. The Bertz CT molecular complexity index is 1010. The van der Waals surface area contributed by atoms with Gasteiger partial charge in [-0.3, -0.25) is 24.1 Å². The molecule has 0 atom stereocenters. The largest absolute Gasteiger partial charge is 0.351 e. The Morgan fingerprint density at radius 3 is 1.62 bits per heavy atom. The van der Waals surface area contributed by atoms with Gasteiger partial charge in [0.05, 0.1) is 0 Å². The van der Waals surface area contributed by atoms with Crippen molar-refractivity contribution in [2.75, 3.05) is 39.3 Å². The van der Waals surface area contributed by atoms with Crippen LogP contribution in [-0.2, 0) is 14.1 Å². The molecule has 2 aromatic rings. The Labute approximate surface area is 187 Å². The molecule has 0 spiro atoms. The van der Waals surface area contributed by atoms with E-state index in [1.165, 1.54) is 9.13 Å². The fourth-order valence-corrected chi connectivity index (χ4v) is 3.37. The van der Waals surface area contributed by atoms with Gasteiger partial charge in [0.15, 0.2) is 0 Å². The molecule has 174 valence electrons. The molecule has 0 unspecified atom stereocenters. The van der Waals surface area contributed by atoms with Crippen molar-refractivity contribution in [2.45, 2.75) is 13.8 Å². The zero-order valence-electron chi connectivity index (χ0n) is 19.1. The molecule has 2 aromatic heterocycles. The molecule has 0 fully saturated rings. The Morgan fingerprint density at radius 2 is 1.25 bits per heavy atom. The van der Waals surface area contributed by atoms with Gasteiger partial charge in [0.1, 0.15) is 0 Å². The summed E-state index contributed by atoms with van der Waals surface area (Å²) < 4.78 is 2.86. The molecule has 10 heteroatoms. The van der Waals surface area contributed by atoms with Crippen molar-refractivity contribution in [1.82, 2.24) is 24.7 Å². The number of hydrogen-bond donors (Lipinski definition) is 3.